The molecule has 0 radical (unpaired) electrons. The minimum Gasteiger partial charge on any atom is -0.480 e. The topological polar surface area (TPSA) is 109 Å². The standard InChI is InChI=1S/C16H20N2O5.C3H8S/c19-13(7-6-12-5-4-10-23-12)18-16(8-2-1-3-9-16)15(22)17-11-14(20)21;1-3-4-2/h4-7,10H,1-3,8-9,11H2,(H,17,22)(H,18,19)(H,20,21);3H2,1-2H3/b7-6+;. The van der Waals surface area contributed by atoms with Crippen LogP contribution in [0.4, 0.5) is 0 Å². The molecule has 1 heterocycles. The van der Waals surface area contributed by atoms with Gasteiger partial charge in [-0.1, -0.05) is 26.2 Å². The first-order chi connectivity index (χ1) is 12.9. The number of carbonyl (C=O) groups excluding carboxylic acids is 2. The molecule has 0 bridgehead atoms. The molecule has 150 valence electrons. The summed E-state index contributed by atoms with van der Waals surface area (Å²) in [6.45, 7) is 1.68. The van der Waals surface area contributed by atoms with Crippen LogP contribution < -0.4 is 10.6 Å². The lowest BCUT2D eigenvalue weighted by Crippen LogP contribution is -2.60. The van der Waals surface area contributed by atoms with Gasteiger partial charge in [0.1, 0.15) is 17.8 Å². The number of carbonyl (C=O) groups is 3. The molecule has 0 unspecified atom stereocenters. The zero-order valence-corrected chi connectivity index (χ0v) is 16.6. The first kappa shape index (κ1) is 22.8. The van der Waals surface area contributed by atoms with Crippen LogP contribution in [-0.4, -0.2) is 47.0 Å². The molecule has 1 aromatic heterocycles. The van der Waals surface area contributed by atoms with Gasteiger partial charge in [-0.25, -0.2) is 0 Å². The van der Waals surface area contributed by atoms with Crippen molar-refractivity contribution in [2.45, 2.75) is 44.6 Å². The molecule has 27 heavy (non-hydrogen) atoms. The Hall–Kier alpha value is -2.22. The maximum absolute atomic E-state index is 12.4. The Balaban J connectivity index is 0.000000828. The van der Waals surface area contributed by atoms with Crippen molar-refractivity contribution in [1.29, 1.82) is 0 Å². The van der Waals surface area contributed by atoms with Crippen LogP contribution >= 0.6 is 11.8 Å². The number of nitrogens with one attached hydrogen (secondary N) is 2. The van der Waals surface area contributed by atoms with Crippen LogP contribution in [0, 0.1) is 0 Å². The van der Waals surface area contributed by atoms with Crippen molar-refractivity contribution in [3.63, 3.8) is 0 Å². The van der Waals surface area contributed by atoms with E-state index in [-0.39, 0.29) is 0 Å². The van der Waals surface area contributed by atoms with Gasteiger partial charge in [0.15, 0.2) is 0 Å². The zero-order valence-electron chi connectivity index (χ0n) is 15.8. The van der Waals surface area contributed by atoms with Gasteiger partial charge in [-0.15, -0.1) is 0 Å². The fraction of sp³-hybridized carbons (Fsp3) is 0.526. The highest BCUT2D eigenvalue weighted by atomic mass is 32.2. The number of rotatable bonds is 7. The summed E-state index contributed by atoms with van der Waals surface area (Å²) in [6.07, 6.45) is 10.0. The normalized spacial score (nSPS) is 15.5. The second-order valence-corrected chi connectivity index (χ2v) is 7.29. The average Bonchev–Trinajstić information content (AvgIpc) is 3.19. The highest BCUT2D eigenvalue weighted by molar-refractivity contribution is 7.98. The summed E-state index contributed by atoms with van der Waals surface area (Å²) in [5, 5.41) is 13.8. The van der Waals surface area contributed by atoms with Crippen molar-refractivity contribution in [2.24, 2.45) is 0 Å². The van der Waals surface area contributed by atoms with Gasteiger partial charge < -0.3 is 20.2 Å². The fourth-order valence-electron chi connectivity index (χ4n) is 2.71. The van der Waals surface area contributed by atoms with Crippen molar-refractivity contribution >= 4 is 35.6 Å². The summed E-state index contributed by atoms with van der Waals surface area (Å²) in [5.41, 5.74) is -1.04. The van der Waals surface area contributed by atoms with Gasteiger partial charge in [-0.3, -0.25) is 14.4 Å². The lowest BCUT2D eigenvalue weighted by Gasteiger charge is -2.36. The Morgan fingerprint density at radius 3 is 2.48 bits per heavy atom. The zero-order chi connectivity index (χ0) is 20.1. The number of carboxylic acids is 1. The van der Waals surface area contributed by atoms with Crippen molar-refractivity contribution in [3.05, 3.63) is 30.2 Å². The van der Waals surface area contributed by atoms with E-state index in [1.165, 1.54) is 24.2 Å². The predicted molar refractivity (Wildman–Crippen MR) is 106 cm³/mol. The summed E-state index contributed by atoms with van der Waals surface area (Å²) in [7, 11) is 0. The molecule has 0 atom stereocenters. The molecule has 0 aromatic carbocycles. The van der Waals surface area contributed by atoms with Crippen LogP contribution in [0.3, 0.4) is 0 Å². The van der Waals surface area contributed by atoms with Crippen molar-refractivity contribution in [2.75, 3.05) is 18.6 Å². The maximum Gasteiger partial charge on any atom is 0.322 e. The molecule has 1 aliphatic carbocycles. The molecule has 2 amide bonds. The molecule has 1 saturated carbocycles. The molecular weight excluding hydrogens is 368 g/mol. The molecule has 0 aliphatic heterocycles. The number of aliphatic carboxylic acids is 1. The summed E-state index contributed by atoms with van der Waals surface area (Å²) >= 11 is 1.86. The van der Waals surface area contributed by atoms with Gasteiger partial charge in [0.25, 0.3) is 0 Å². The molecule has 2 rings (SSSR count). The van der Waals surface area contributed by atoms with E-state index in [9.17, 15) is 14.4 Å². The molecule has 3 N–H and O–H groups in total. The third kappa shape index (κ3) is 8.34. The molecule has 1 aliphatic rings. The van der Waals surface area contributed by atoms with Crippen LogP contribution in [0.25, 0.3) is 6.08 Å². The van der Waals surface area contributed by atoms with Gasteiger partial charge in [-0.05, 0) is 43.1 Å². The van der Waals surface area contributed by atoms with E-state index in [1.807, 2.05) is 11.8 Å². The number of carboxylic acid groups (broad SMARTS) is 1. The SMILES string of the molecule is CCSC.O=C(O)CNC(=O)C1(NC(=O)/C=C/c2ccco2)CCCCC1. The predicted octanol–water partition coefficient (Wildman–Crippen LogP) is 2.68. The van der Waals surface area contributed by atoms with E-state index in [2.05, 4.69) is 23.8 Å². The number of amides is 2. The highest BCUT2D eigenvalue weighted by Gasteiger charge is 2.40. The van der Waals surface area contributed by atoms with Crippen LogP contribution in [0.15, 0.2) is 28.9 Å². The van der Waals surface area contributed by atoms with Crippen LogP contribution in [0.2, 0.25) is 0 Å². The van der Waals surface area contributed by atoms with E-state index in [0.29, 0.717) is 18.6 Å². The number of hydrogen-bond donors (Lipinski definition) is 3. The van der Waals surface area contributed by atoms with E-state index in [4.69, 9.17) is 9.52 Å². The van der Waals surface area contributed by atoms with Crippen molar-refractivity contribution < 1.29 is 23.9 Å². The van der Waals surface area contributed by atoms with E-state index >= 15 is 0 Å². The minimum absolute atomic E-state index is 0.409. The monoisotopic (exact) mass is 396 g/mol. The fourth-order valence-corrected chi connectivity index (χ4v) is 2.71. The van der Waals surface area contributed by atoms with Gasteiger partial charge in [0.2, 0.25) is 11.8 Å². The second-order valence-electron chi connectivity index (χ2n) is 6.13. The lowest BCUT2D eigenvalue weighted by molar-refractivity contribution is -0.140. The largest absolute Gasteiger partial charge is 0.480 e. The molecule has 7 nitrogen and oxygen atoms in total. The maximum atomic E-state index is 12.4. The van der Waals surface area contributed by atoms with E-state index in [0.717, 1.165) is 19.3 Å². The quantitative estimate of drug-likeness (QED) is 0.612. The van der Waals surface area contributed by atoms with Crippen molar-refractivity contribution in [1.82, 2.24) is 10.6 Å². The molecular formula is C19H28N2O5S. The molecule has 0 spiro atoms. The van der Waals surface area contributed by atoms with Crippen molar-refractivity contribution in [3.8, 4) is 0 Å². The summed E-state index contributed by atoms with van der Waals surface area (Å²) in [6, 6.07) is 3.42. The Bertz CT molecular complexity index is 620. The van der Waals surface area contributed by atoms with Gasteiger partial charge in [0.05, 0.1) is 6.26 Å². The highest BCUT2D eigenvalue weighted by Crippen LogP contribution is 2.28. The van der Waals surface area contributed by atoms with Gasteiger partial charge in [0, 0.05) is 6.08 Å². The molecule has 1 fully saturated rings. The average molecular weight is 397 g/mol. The Labute approximate surface area is 164 Å². The minimum atomic E-state index is -1.12. The Morgan fingerprint density at radius 1 is 1.30 bits per heavy atom. The number of furan rings is 1. The lowest BCUT2D eigenvalue weighted by atomic mass is 9.80. The number of hydrogen-bond acceptors (Lipinski definition) is 5. The number of thioether (sulfide) groups is 1. The van der Waals surface area contributed by atoms with E-state index in [1.54, 1.807) is 12.1 Å². The summed E-state index contributed by atoms with van der Waals surface area (Å²) in [5.74, 6) is -0.199. The molecule has 0 saturated heterocycles. The summed E-state index contributed by atoms with van der Waals surface area (Å²) < 4.78 is 5.10. The molecule has 1 aromatic rings. The second kappa shape index (κ2) is 12.2. The first-order valence-corrected chi connectivity index (χ1v) is 10.4. The smallest absolute Gasteiger partial charge is 0.322 e. The molecule has 8 heteroatoms. The van der Waals surface area contributed by atoms with Gasteiger partial charge in [-0.2, -0.15) is 11.8 Å². The van der Waals surface area contributed by atoms with Crippen LogP contribution in [-0.2, 0) is 14.4 Å². The van der Waals surface area contributed by atoms with Crippen LogP contribution in [0.5, 0.6) is 0 Å². The Kier molecular flexibility index (Phi) is 10.3. The van der Waals surface area contributed by atoms with Crippen LogP contribution in [0.1, 0.15) is 44.8 Å². The third-order valence-corrected chi connectivity index (χ3v) is 4.71. The first-order valence-electron chi connectivity index (χ1n) is 8.96. The van der Waals surface area contributed by atoms with E-state index < -0.39 is 29.9 Å². The third-order valence-electron chi connectivity index (χ3n) is 4.14. The van der Waals surface area contributed by atoms with Gasteiger partial charge >= 0.3 is 5.97 Å². The Morgan fingerprint density at radius 2 is 1.96 bits per heavy atom. The summed E-state index contributed by atoms with van der Waals surface area (Å²) in [4.78, 5) is 35.1.